The molecule has 1 aliphatic heterocycles. The lowest BCUT2D eigenvalue weighted by molar-refractivity contribution is 0.214. The van der Waals surface area contributed by atoms with Crippen molar-refractivity contribution < 1.29 is 4.74 Å². The lowest BCUT2D eigenvalue weighted by Gasteiger charge is -2.12. The van der Waals surface area contributed by atoms with Gasteiger partial charge < -0.3 is 19.9 Å². The largest absolute Gasteiger partial charge is 0.473 e. The number of nitrogens with one attached hydrogen (secondary N) is 2. The van der Waals surface area contributed by atoms with Crippen LogP contribution in [0.3, 0.4) is 0 Å². The topological polar surface area (TPSA) is 89.8 Å². The molecule has 3 aromatic rings. The summed E-state index contributed by atoms with van der Waals surface area (Å²) >= 11 is 0. The summed E-state index contributed by atoms with van der Waals surface area (Å²) in [6, 6.07) is 3.92. The van der Waals surface area contributed by atoms with E-state index in [0.29, 0.717) is 12.4 Å². The van der Waals surface area contributed by atoms with Crippen molar-refractivity contribution in [1.82, 2.24) is 29.8 Å². The van der Waals surface area contributed by atoms with Crippen LogP contribution in [0, 0.1) is 0 Å². The number of hydrogen-bond donors (Lipinski definition) is 2. The number of ether oxygens (including phenoxy) is 1. The van der Waals surface area contributed by atoms with Crippen LogP contribution in [0.15, 0.2) is 31.0 Å². The van der Waals surface area contributed by atoms with Crippen molar-refractivity contribution in [2.24, 2.45) is 7.05 Å². The van der Waals surface area contributed by atoms with Crippen molar-refractivity contribution in [2.75, 3.05) is 18.4 Å². The summed E-state index contributed by atoms with van der Waals surface area (Å²) < 4.78 is 7.69. The van der Waals surface area contributed by atoms with Gasteiger partial charge in [-0.15, -0.1) is 0 Å². The molecular formula is C16H19N7O. The van der Waals surface area contributed by atoms with E-state index < -0.39 is 0 Å². The van der Waals surface area contributed by atoms with E-state index in [2.05, 4.69) is 30.6 Å². The van der Waals surface area contributed by atoms with Crippen LogP contribution in [0.1, 0.15) is 12.0 Å². The number of anilines is 1. The molecular weight excluding hydrogens is 306 g/mol. The molecule has 1 saturated heterocycles. The van der Waals surface area contributed by atoms with Crippen LogP contribution in [-0.4, -0.2) is 43.7 Å². The van der Waals surface area contributed by atoms with E-state index >= 15 is 0 Å². The molecule has 2 N–H and O–H groups in total. The summed E-state index contributed by atoms with van der Waals surface area (Å²) in [6.45, 7) is 2.51. The lowest BCUT2D eigenvalue weighted by atomic mass is 10.3. The summed E-state index contributed by atoms with van der Waals surface area (Å²) in [5, 5.41) is 6.57. The van der Waals surface area contributed by atoms with Crippen LogP contribution in [0.25, 0.3) is 11.2 Å². The molecule has 0 spiro atoms. The normalized spacial score (nSPS) is 17.3. The van der Waals surface area contributed by atoms with Crippen molar-refractivity contribution in [1.29, 1.82) is 0 Å². The first-order valence-electron chi connectivity index (χ1n) is 7.98. The summed E-state index contributed by atoms with van der Waals surface area (Å²) in [5.41, 5.74) is 2.62. The van der Waals surface area contributed by atoms with Crippen LogP contribution in [-0.2, 0) is 13.6 Å². The maximum atomic E-state index is 5.83. The first-order chi connectivity index (χ1) is 11.8. The van der Waals surface area contributed by atoms with Crippen molar-refractivity contribution in [2.45, 2.75) is 19.1 Å². The Kier molecular flexibility index (Phi) is 3.96. The van der Waals surface area contributed by atoms with Gasteiger partial charge in [0, 0.05) is 32.4 Å². The van der Waals surface area contributed by atoms with Gasteiger partial charge in [-0.1, -0.05) is 6.07 Å². The molecule has 3 aromatic heterocycles. The van der Waals surface area contributed by atoms with Crippen LogP contribution in [0.2, 0.25) is 0 Å². The Morgan fingerprint density at radius 3 is 3.04 bits per heavy atom. The quantitative estimate of drug-likeness (QED) is 0.726. The molecule has 8 heteroatoms. The van der Waals surface area contributed by atoms with Gasteiger partial charge >= 0.3 is 0 Å². The maximum absolute atomic E-state index is 5.83. The second-order valence-electron chi connectivity index (χ2n) is 5.84. The zero-order chi connectivity index (χ0) is 16.4. The highest BCUT2D eigenvalue weighted by atomic mass is 16.5. The molecule has 1 fully saturated rings. The SMILES string of the molecule is Cn1cnc2c(NCc3ccc(OC4CCNC4)nc3)ncnc21. The number of aromatic nitrogens is 5. The van der Waals surface area contributed by atoms with Crippen LogP contribution in [0.5, 0.6) is 5.88 Å². The van der Waals surface area contributed by atoms with Gasteiger partial charge in [-0.05, 0) is 18.5 Å². The Morgan fingerprint density at radius 1 is 1.29 bits per heavy atom. The van der Waals surface area contributed by atoms with Gasteiger partial charge in [0.05, 0.1) is 6.33 Å². The van der Waals surface area contributed by atoms with E-state index in [1.807, 2.05) is 29.9 Å². The molecule has 0 bridgehead atoms. The van der Waals surface area contributed by atoms with E-state index in [0.717, 1.165) is 42.1 Å². The average molecular weight is 325 g/mol. The summed E-state index contributed by atoms with van der Waals surface area (Å²) in [5.74, 6) is 1.39. The van der Waals surface area contributed by atoms with Gasteiger partial charge in [0.2, 0.25) is 5.88 Å². The van der Waals surface area contributed by atoms with E-state index in [1.165, 1.54) is 6.33 Å². The second kappa shape index (κ2) is 6.40. The van der Waals surface area contributed by atoms with Crippen LogP contribution < -0.4 is 15.4 Å². The number of fused-ring (bicyclic) bond motifs is 1. The predicted molar refractivity (Wildman–Crippen MR) is 89.8 cm³/mol. The molecule has 1 aliphatic rings. The first-order valence-corrected chi connectivity index (χ1v) is 7.98. The summed E-state index contributed by atoms with van der Waals surface area (Å²) in [7, 11) is 1.91. The minimum atomic E-state index is 0.222. The number of pyridine rings is 1. The standard InChI is InChI=1S/C16H19N7O/c1-23-10-22-14-15(20-9-21-16(14)23)19-7-11-2-3-13(18-6-11)24-12-4-5-17-8-12/h2-3,6,9-10,12,17H,4-5,7-8H2,1H3,(H,19,20,21). The van der Waals surface area contributed by atoms with Gasteiger partial charge in [-0.2, -0.15) is 0 Å². The Hall–Kier alpha value is -2.74. The average Bonchev–Trinajstić information content (AvgIpc) is 3.25. The van der Waals surface area contributed by atoms with E-state index in [-0.39, 0.29) is 6.10 Å². The zero-order valence-electron chi connectivity index (χ0n) is 13.4. The minimum absolute atomic E-state index is 0.222. The summed E-state index contributed by atoms with van der Waals surface area (Å²) in [6.07, 6.45) is 6.34. The molecule has 1 atom stereocenters. The van der Waals surface area contributed by atoms with Crippen molar-refractivity contribution in [3.05, 3.63) is 36.5 Å². The van der Waals surface area contributed by atoms with Crippen molar-refractivity contribution in [3.63, 3.8) is 0 Å². The Labute approximate surface area is 139 Å². The van der Waals surface area contributed by atoms with Crippen molar-refractivity contribution >= 4 is 17.0 Å². The third-order valence-corrected chi connectivity index (χ3v) is 4.06. The van der Waals surface area contributed by atoms with Gasteiger partial charge in [0.1, 0.15) is 17.9 Å². The molecule has 24 heavy (non-hydrogen) atoms. The molecule has 124 valence electrons. The number of hydrogen-bond acceptors (Lipinski definition) is 7. The predicted octanol–water partition coefficient (Wildman–Crippen LogP) is 1.11. The van der Waals surface area contributed by atoms with E-state index in [1.54, 1.807) is 6.33 Å². The van der Waals surface area contributed by atoms with Crippen molar-refractivity contribution in [3.8, 4) is 5.88 Å². The Morgan fingerprint density at radius 2 is 2.25 bits per heavy atom. The summed E-state index contributed by atoms with van der Waals surface area (Å²) in [4.78, 5) is 17.2. The fourth-order valence-corrected chi connectivity index (χ4v) is 2.75. The molecule has 0 saturated carbocycles. The Bertz CT molecular complexity index is 824. The molecule has 4 rings (SSSR count). The molecule has 0 aromatic carbocycles. The van der Waals surface area contributed by atoms with Gasteiger partial charge in [0.15, 0.2) is 11.5 Å². The highest BCUT2D eigenvalue weighted by Gasteiger charge is 2.16. The van der Waals surface area contributed by atoms with E-state index in [9.17, 15) is 0 Å². The minimum Gasteiger partial charge on any atom is -0.473 e. The van der Waals surface area contributed by atoms with Crippen LogP contribution >= 0.6 is 0 Å². The molecule has 0 amide bonds. The number of nitrogens with zero attached hydrogens (tertiary/aromatic N) is 5. The maximum Gasteiger partial charge on any atom is 0.213 e. The smallest absolute Gasteiger partial charge is 0.213 e. The zero-order valence-corrected chi connectivity index (χ0v) is 13.4. The highest BCUT2D eigenvalue weighted by Crippen LogP contribution is 2.18. The third kappa shape index (κ3) is 3.00. The Balaban J connectivity index is 1.41. The molecule has 4 heterocycles. The van der Waals surface area contributed by atoms with Gasteiger partial charge in [-0.3, -0.25) is 0 Å². The fraction of sp³-hybridized carbons (Fsp3) is 0.375. The van der Waals surface area contributed by atoms with Gasteiger partial charge in [0.25, 0.3) is 0 Å². The first kappa shape index (κ1) is 14.8. The monoisotopic (exact) mass is 325 g/mol. The third-order valence-electron chi connectivity index (χ3n) is 4.06. The molecule has 1 unspecified atom stereocenters. The highest BCUT2D eigenvalue weighted by molar-refractivity contribution is 5.82. The second-order valence-corrected chi connectivity index (χ2v) is 5.84. The van der Waals surface area contributed by atoms with E-state index in [4.69, 9.17) is 4.74 Å². The molecule has 8 nitrogen and oxygen atoms in total. The van der Waals surface area contributed by atoms with Gasteiger partial charge in [-0.25, -0.2) is 19.9 Å². The number of imidazole rings is 1. The number of aryl methyl sites for hydroxylation is 1. The van der Waals surface area contributed by atoms with Crippen LogP contribution in [0.4, 0.5) is 5.82 Å². The molecule has 0 radical (unpaired) electrons. The lowest BCUT2D eigenvalue weighted by Crippen LogP contribution is -2.20. The fourth-order valence-electron chi connectivity index (χ4n) is 2.75. The molecule has 0 aliphatic carbocycles. The number of rotatable bonds is 5.